The van der Waals surface area contributed by atoms with Gasteiger partial charge < -0.3 is 10.6 Å². The fourth-order valence-electron chi connectivity index (χ4n) is 2.31. The summed E-state index contributed by atoms with van der Waals surface area (Å²) >= 11 is 8.78. The van der Waals surface area contributed by atoms with Crippen molar-refractivity contribution in [3.63, 3.8) is 0 Å². The summed E-state index contributed by atoms with van der Waals surface area (Å²) in [4.78, 5) is 0. The van der Waals surface area contributed by atoms with Crippen molar-refractivity contribution in [2.75, 3.05) is 5.32 Å². The molecule has 0 radical (unpaired) electrons. The van der Waals surface area contributed by atoms with Gasteiger partial charge in [0.25, 0.3) is 0 Å². The molecule has 1 aromatic carbocycles. The van der Waals surface area contributed by atoms with E-state index in [9.17, 15) is 0 Å². The van der Waals surface area contributed by atoms with Gasteiger partial charge in [0.05, 0.1) is 0 Å². The number of nitrogens with one attached hydrogen (secondary N) is 2. The van der Waals surface area contributed by atoms with Crippen molar-refractivity contribution in [3.05, 3.63) is 28.7 Å². The van der Waals surface area contributed by atoms with Crippen molar-refractivity contribution in [1.29, 1.82) is 0 Å². The van der Waals surface area contributed by atoms with Crippen LogP contribution in [0.4, 0.5) is 5.69 Å². The average Bonchev–Trinajstić information content (AvgIpc) is 2.61. The summed E-state index contributed by atoms with van der Waals surface area (Å²) in [5.74, 6) is 0. The van der Waals surface area contributed by atoms with Gasteiger partial charge in [0.15, 0.2) is 5.11 Å². The Morgan fingerprint density at radius 2 is 1.67 bits per heavy atom. The smallest absolute Gasteiger partial charge is 0.170 e. The van der Waals surface area contributed by atoms with Crippen LogP contribution >= 0.6 is 28.1 Å². The van der Waals surface area contributed by atoms with Crippen LogP contribution in [0.1, 0.15) is 38.5 Å². The lowest BCUT2D eigenvalue weighted by molar-refractivity contribution is 0.535. The number of anilines is 1. The molecular formula is C14H19BrN2S. The SMILES string of the molecule is S=C(Nc1ccc(Br)cc1)NC1CCCCCC1. The zero-order chi connectivity index (χ0) is 12.8. The molecule has 18 heavy (non-hydrogen) atoms. The molecule has 2 rings (SSSR count). The van der Waals surface area contributed by atoms with E-state index in [1.165, 1.54) is 38.5 Å². The summed E-state index contributed by atoms with van der Waals surface area (Å²) < 4.78 is 1.08. The Morgan fingerprint density at radius 3 is 2.28 bits per heavy atom. The molecule has 0 atom stereocenters. The summed E-state index contributed by atoms with van der Waals surface area (Å²) in [7, 11) is 0. The van der Waals surface area contributed by atoms with Crippen LogP contribution in [0, 0.1) is 0 Å². The fourth-order valence-corrected chi connectivity index (χ4v) is 2.86. The quantitative estimate of drug-likeness (QED) is 0.619. The van der Waals surface area contributed by atoms with Gasteiger partial charge in [-0.2, -0.15) is 0 Å². The van der Waals surface area contributed by atoms with E-state index in [1.807, 2.05) is 24.3 Å². The molecule has 4 heteroatoms. The van der Waals surface area contributed by atoms with E-state index < -0.39 is 0 Å². The maximum atomic E-state index is 5.36. The zero-order valence-corrected chi connectivity index (χ0v) is 12.8. The second-order valence-electron chi connectivity index (χ2n) is 4.79. The molecule has 1 aliphatic rings. The first kappa shape index (κ1) is 13.8. The van der Waals surface area contributed by atoms with Crippen LogP contribution in [0.3, 0.4) is 0 Å². The number of thiocarbonyl (C=S) groups is 1. The summed E-state index contributed by atoms with van der Waals surface area (Å²) in [6, 6.07) is 8.60. The van der Waals surface area contributed by atoms with Crippen LogP contribution in [0.25, 0.3) is 0 Å². The highest BCUT2D eigenvalue weighted by Gasteiger charge is 2.12. The third-order valence-electron chi connectivity index (χ3n) is 3.29. The molecule has 0 unspecified atom stereocenters. The lowest BCUT2D eigenvalue weighted by Crippen LogP contribution is -2.37. The van der Waals surface area contributed by atoms with Crippen LogP contribution in [-0.2, 0) is 0 Å². The largest absolute Gasteiger partial charge is 0.360 e. The summed E-state index contributed by atoms with van der Waals surface area (Å²) in [5.41, 5.74) is 1.03. The molecule has 0 aliphatic heterocycles. The van der Waals surface area contributed by atoms with Crippen molar-refractivity contribution in [1.82, 2.24) is 5.32 Å². The van der Waals surface area contributed by atoms with Gasteiger partial charge in [-0.3, -0.25) is 0 Å². The van der Waals surface area contributed by atoms with Gasteiger partial charge in [-0.15, -0.1) is 0 Å². The minimum Gasteiger partial charge on any atom is -0.360 e. The van der Waals surface area contributed by atoms with Crippen LogP contribution < -0.4 is 10.6 Å². The highest BCUT2D eigenvalue weighted by atomic mass is 79.9. The van der Waals surface area contributed by atoms with Gasteiger partial charge in [0.1, 0.15) is 0 Å². The first-order valence-corrected chi connectivity index (χ1v) is 7.77. The molecule has 0 saturated heterocycles. The molecule has 1 saturated carbocycles. The van der Waals surface area contributed by atoms with Crippen molar-refractivity contribution in [2.24, 2.45) is 0 Å². The lowest BCUT2D eigenvalue weighted by atomic mass is 10.1. The van der Waals surface area contributed by atoms with E-state index in [1.54, 1.807) is 0 Å². The maximum absolute atomic E-state index is 5.36. The Bertz CT molecular complexity index is 383. The van der Waals surface area contributed by atoms with Crippen molar-refractivity contribution >= 4 is 38.9 Å². The first-order chi connectivity index (χ1) is 8.74. The molecule has 0 bridgehead atoms. The normalized spacial score (nSPS) is 16.9. The predicted octanol–water partition coefficient (Wildman–Crippen LogP) is 4.46. The highest BCUT2D eigenvalue weighted by Crippen LogP contribution is 2.18. The molecule has 0 amide bonds. The summed E-state index contributed by atoms with van der Waals surface area (Å²) in [6.45, 7) is 0. The topological polar surface area (TPSA) is 24.1 Å². The molecule has 1 aliphatic carbocycles. The standard InChI is InChI=1S/C14H19BrN2S/c15-11-7-9-13(10-8-11)17-14(18)16-12-5-3-1-2-4-6-12/h7-10,12H,1-6H2,(H2,16,17,18). The third-order valence-corrected chi connectivity index (χ3v) is 4.04. The number of halogens is 1. The van der Waals surface area contributed by atoms with Gasteiger partial charge in [0, 0.05) is 16.2 Å². The fraction of sp³-hybridized carbons (Fsp3) is 0.500. The Kier molecular flexibility index (Phi) is 5.45. The third kappa shape index (κ3) is 4.58. The minimum atomic E-state index is 0.544. The minimum absolute atomic E-state index is 0.544. The Labute approximate surface area is 123 Å². The van der Waals surface area contributed by atoms with Crippen molar-refractivity contribution in [3.8, 4) is 0 Å². The van der Waals surface area contributed by atoms with E-state index in [4.69, 9.17) is 12.2 Å². The first-order valence-electron chi connectivity index (χ1n) is 6.57. The molecule has 2 nitrogen and oxygen atoms in total. The van der Waals surface area contributed by atoms with Crippen molar-refractivity contribution < 1.29 is 0 Å². The second kappa shape index (κ2) is 7.10. The Balaban J connectivity index is 1.82. The van der Waals surface area contributed by atoms with Crippen LogP contribution in [0.2, 0.25) is 0 Å². The van der Waals surface area contributed by atoms with E-state index in [0.717, 1.165) is 15.3 Å². The number of hydrogen-bond donors (Lipinski definition) is 2. The molecule has 0 spiro atoms. The highest BCUT2D eigenvalue weighted by molar-refractivity contribution is 9.10. The molecule has 0 heterocycles. The van der Waals surface area contributed by atoms with Gasteiger partial charge in [-0.25, -0.2) is 0 Å². The van der Waals surface area contributed by atoms with Gasteiger partial charge in [0.2, 0.25) is 0 Å². The number of benzene rings is 1. The van der Waals surface area contributed by atoms with E-state index in [0.29, 0.717) is 6.04 Å². The molecule has 2 N–H and O–H groups in total. The molecule has 0 aromatic heterocycles. The van der Waals surface area contributed by atoms with E-state index in [-0.39, 0.29) is 0 Å². The van der Waals surface area contributed by atoms with Gasteiger partial charge in [-0.05, 0) is 49.3 Å². The van der Waals surface area contributed by atoms with Gasteiger partial charge >= 0.3 is 0 Å². The average molecular weight is 327 g/mol. The molecule has 1 fully saturated rings. The summed E-state index contributed by atoms with van der Waals surface area (Å²) in [5, 5.41) is 7.41. The Hall–Kier alpha value is -0.610. The predicted molar refractivity (Wildman–Crippen MR) is 85.0 cm³/mol. The number of rotatable bonds is 2. The van der Waals surface area contributed by atoms with E-state index >= 15 is 0 Å². The van der Waals surface area contributed by atoms with Crippen LogP contribution in [0.5, 0.6) is 0 Å². The monoisotopic (exact) mass is 326 g/mol. The molecule has 1 aromatic rings. The van der Waals surface area contributed by atoms with Crippen molar-refractivity contribution in [2.45, 2.75) is 44.6 Å². The lowest BCUT2D eigenvalue weighted by Gasteiger charge is -2.19. The zero-order valence-electron chi connectivity index (χ0n) is 10.4. The summed E-state index contributed by atoms with van der Waals surface area (Å²) in [6.07, 6.45) is 7.84. The van der Waals surface area contributed by atoms with Gasteiger partial charge in [-0.1, -0.05) is 41.6 Å². The van der Waals surface area contributed by atoms with Crippen LogP contribution in [0.15, 0.2) is 28.7 Å². The molecular weight excluding hydrogens is 308 g/mol. The molecule has 98 valence electrons. The second-order valence-corrected chi connectivity index (χ2v) is 6.12. The Morgan fingerprint density at radius 1 is 1.06 bits per heavy atom. The number of hydrogen-bond acceptors (Lipinski definition) is 1. The maximum Gasteiger partial charge on any atom is 0.170 e. The van der Waals surface area contributed by atoms with Crippen LogP contribution in [-0.4, -0.2) is 11.2 Å². The van der Waals surface area contributed by atoms with E-state index in [2.05, 4.69) is 26.6 Å².